The molecule has 0 radical (unpaired) electrons. The summed E-state index contributed by atoms with van der Waals surface area (Å²) in [6.45, 7) is 2.10. The fourth-order valence-electron chi connectivity index (χ4n) is 1.76. The van der Waals surface area contributed by atoms with Gasteiger partial charge in [-0.2, -0.15) is 0 Å². The van der Waals surface area contributed by atoms with E-state index in [9.17, 15) is 4.79 Å². The lowest BCUT2D eigenvalue weighted by Crippen LogP contribution is -2.41. The number of ether oxygens (including phenoxy) is 2. The zero-order chi connectivity index (χ0) is 13.7. The number of carbonyl (C=O) groups excluding carboxylic acids is 1. The first-order valence-corrected chi connectivity index (χ1v) is 6.33. The van der Waals surface area contributed by atoms with Crippen LogP contribution in [0.5, 0.6) is 0 Å². The molecule has 0 aromatic heterocycles. The van der Waals surface area contributed by atoms with Gasteiger partial charge in [-0.05, 0) is 12.1 Å². The van der Waals surface area contributed by atoms with Gasteiger partial charge in [0, 0.05) is 23.7 Å². The van der Waals surface area contributed by atoms with E-state index in [0.29, 0.717) is 31.3 Å². The van der Waals surface area contributed by atoms with Crippen LogP contribution in [0.25, 0.3) is 0 Å². The summed E-state index contributed by atoms with van der Waals surface area (Å²) in [5, 5.41) is 0.610. The fraction of sp³-hybridized carbons (Fsp3) is 0.357. The van der Waals surface area contributed by atoms with E-state index in [1.165, 1.54) is 0 Å². The molecular formula is C14H14ClNO3. The predicted molar refractivity (Wildman–Crippen MR) is 71.9 cm³/mol. The first-order chi connectivity index (χ1) is 9.20. The standard InChI is InChI=1S/C14H14ClNO3/c1-2-13(11-3-5-12(15)6-4-11)19-14(17)16-7-9-18-10-8-16/h1,3-6,13H,7-10H2. The predicted octanol–water partition coefficient (Wildman–Crippen LogP) is 2.48. The van der Waals surface area contributed by atoms with Crippen molar-refractivity contribution in [3.8, 4) is 12.3 Å². The number of amides is 1. The smallest absolute Gasteiger partial charge is 0.411 e. The third-order valence-electron chi connectivity index (χ3n) is 2.81. The molecule has 1 atom stereocenters. The van der Waals surface area contributed by atoms with Crippen molar-refractivity contribution in [3.05, 3.63) is 34.9 Å². The van der Waals surface area contributed by atoms with E-state index in [1.807, 2.05) is 0 Å². The second kappa shape index (κ2) is 6.46. The molecule has 1 unspecified atom stereocenters. The molecule has 19 heavy (non-hydrogen) atoms. The number of benzene rings is 1. The summed E-state index contributed by atoms with van der Waals surface area (Å²) in [6, 6.07) is 6.92. The summed E-state index contributed by atoms with van der Waals surface area (Å²) in [6.07, 6.45) is 4.30. The largest absolute Gasteiger partial charge is 0.428 e. The Kier molecular flexibility index (Phi) is 4.67. The second-order valence-corrected chi connectivity index (χ2v) is 4.52. The van der Waals surface area contributed by atoms with Crippen LogP contribution in [0, 0.1) is 12.3 Å². The molecule has 0 aliphatic carbocycles. The van der Waals surface area contributed by atoms with Crippen LogP contribution >= 0.6 is 11.6 Å². The number of terminal acetylenes is 1. The maximum atomic E-state index is 11.9. The van der Waals surface area contributed by atoms with Gasteiger partial charge >= 0.3 is 6.09 Å². The Morgan fingerprint density at radius 3 is 2.58 bits per heavy atom. The lowest BCUT2D eigenvalue weighted by atomic mass is 10.1. The van der Waals surface area contributed by atoms with Crippen molar-refractivity contribution in [1.82, 2.24) is 4.90 Å². The van der Waals surface area contributed by atoms with E-state index >= 15 is 0 Å². The van der Waals surface area contributed by atoms with Crippen LogP contribution in [-0.2, 0) is 9.47 Å². The van der Waals surface area contributed by atoms with E-state index < -0.39 is 12.2 Å². The minimum atomic E-state index is -0.701. The Morgan fingerprint density at radius 2 is 2.00 bits per heavy atom. The monoisotopic (exact) mass is 279 g/mol. The first-order valence-electron chi connectivity index (χ1n) is 5.95. The van der Waals surface area contributed by atoms with Gasteiger partial charge in [0.05, 0.1) is 13.2 Å². The highest BCUT2D eigenvalue weighted by Gasteiger charge is 2.21. The summed E-state index contributed by atoms with van der Waals surface area (Å²) >= 11 is 5.81. The molecule has 1 aliphatic heterocycles. The van der Waals surface area contributed by atoms with Gasteiger partial charge in [-0.15, -0.1) is 6.42 Å². The maximum Gasteiger partial charge on any atom is 0.411 e. The van der Waals surface area contributed by atoms with Crippen molar-refractivity contribution >= 4 is 17.7 Å². The third kappa shape index (κ3) is 3.63. The summed E-state index contributed by atoms with van der Waals surface area (Å²) in [5.41, 5.74) is 0.730. The molecule has 5 heteroatoms. The number of hydrogen-bond donors (Lipinski definition) is 0. The van der Waals surface area contributed by atoms with Crippen LogP contribution in [-0.4, -0.2) is 37.3 Å². The van der Waals surface area contributed by atoms with E-state index in [1.54, 1.807) is 29.2 Å². The molecule has 100 valence electrons. The first kappa shape index (κ1) is 13.7. The summed E-state index contributed by atoms with van der Waals surface area (Å²) in [5.74, 6) is 2.46. The van der Waals surface area contributed by atoms with Gasteiger partial charge in [0.15, 0.2) is 6.10 Å². The van der Waals surface area contributed by atoms with Gasteiger partial charge in [-0.25, -0.2) is 4.79 Å². The number of nitrogens with zero attached hydrogens (tertiary/aromatic N) is 1. The number of halogens is 1. The number of morpholine rings is 1. The topological polar surface area (TPSA) is 38.8 Å². The minimum Gasteiger partial charge on any atom is -0.428 e. The lowest BCUT2D eigenvalue weighted by molar-refractivity contribution is 0.0203. The Labute approximate surface area is 117 Å². The van der Waals surface area contributed by atoms with Crippen molar-refractivity contribution < 1.29 is 14.3 Å². The van der Waals surface area contributed by atoms with E-state index in [0.717, 1.165) is 5.56 Å². The molecule has 1 aromatic carbocycles. The van der Waals surface area contributed by atoms with Crippen molar-refractivity contribution in [1.29, 1.82) is 0 Å². The average Bonchev–Trinajstić information content (AvgIpc) is 2.46. The average molecular weight is 280 g/mol. The van der Waals surface area contributed by atoms with Crippen LogP contribution in [0.15, 0.2) is 24.3 Å². The highest BCUT2D eigenvalue weighted by atomic mass is 35.5. The van der Waals surface area contributed by atoms with Gasteiger partial charge in [-0.1, -0.05) is 29.7 Å². The molecule has 1 saturated heterocycles. The zero-order valence-corrected chi connectivity index (χ0v) is 11.1. The fourth-order valence-corrected chi connectivity index (χ4v) is 1.88. The highest BCUT2D eigenvalue weighted by molar-refractivity contribution is 6.30. The molecule has 0 saturated carbocycles. The molecular weight excluding hydrogens is 266 g/mol. The van der Waals surface area contributed by atoms with E-state index in [2.05, 4.69) is 5.92 Å². The molecule has 1 fully saturated rings. The number of hydrogen-bond acceptors (Lipinski definition) is 3. The van der Waals surface area contributed by atoms with Crippen LogP contribution in [0.2, 0.25) is 5.02 Å². The van der Waals surface area contributed by atoms with E-state index in [4.69, 9.17) is 27.5 Å². The summed E-state index contributed by atoms with van der Waals surface area (Å²) in [4.78, 5) is 13.5. The van der Waals surface area contributed by atoms with Crippen LogP contribution in [0.3, 0.4) is 0 Å². The second-order valence-electron chi connectivity index (χ2n) is 4.08. The molecule has 1 amide bonds. The van der Waals surface area contributed by atoms with Gasteiger partial charge in [0.1, 0.15) is 0 Å². The molecule has 4 nitrogen and oxygen atoms in total. The van der Waals surface area contributed by atoms with Crippen molar-refractivity contribution in [3.63, 3.8) is 0 Å². The molecule has 0 spiro atoms. The summed E-state index contributed by atoms with van der Waals surface area (Å²) < 4.78 is 10.5. The van der Waals surface area contributed by atoms with E-state index in [-0.39, 0.29) is 0 Å². The van der Waals surface area contributed by atoms with Crippen molar-refractivity contribution in [2.75, 3.05) is 26.3 Å². The Balaban J connectivity index is 2.00. The number of rotatable bonds is 2. The van der Waals surface area contributed by atoms with Crippen LogP contribution < -0.4 is 0 Å². The SMILES string of the molecule is C#CC(OC(=O)N1CCOCC1)c1ccc(Cl)cc1. The Hall–Kier alpha value is -1.70. The summed E-state index contributed by atoms with van der Waals surface area (Å²) in [7, 11) is 0. The van der Waals surface area contributed by atoms with Gasteiger partial charge in [0.25, 0.3) is 0 Å². The molecule has 1 aliphatic rings. The minimum absolute atomic E-state index is 0.416. The maximum absolute atomic E-state index is 11.9. The Bertz CT molecular complexity index is 474. The van der Waals surface area contributed by atoms with Crippen molar-refractivity contribution in [2.45, 2.75) is 6.10 Å². The molecule has 1 heterocycles. The lowest BCUT2D eigenvalue weighted by Gasteiger charge is -2.27. The molecule has 0 bridgehead atoms. The van der Waals surface area contributed by atoms with Crippen LogP contribution in [0.4, 0.5) is 4.79 Å². The van der Waals surface area contributed by atoms with Gasteiger partial charge in [-0.3, -0.25) is 0 Å². The third-order valence-corrected chi connectivity index (χ3v) is 3.06. The van der Waals surface area contributed by atoms with Crippen molar-refractivity contribution in [2.24, 2.45) is 0 Å². The van der Waals surface area contributed by atoms with Gasteiger partial charge < -0.3 is 14.4 Å². The highest BCUT2D eigenvalue weighted by Crippen LogP contribution is 2.20. The zero-order valence-electron chi connectivity index (χ0n) is 10.3. The molecule has 2 rings (SSSR count). The molecule has 0 N–H and O–H groups in total. The molecule has 1 aromatic rings. The normalized spacial score (nSPS) is 16.5. The Morgan fingerprint density at radius 1 is 1.37 bits per heavy atom. The number of carbonyl (C=O) groups is 1. The van der Waals surface area contributed by atoms with Crippen LogP contribution in [0.1, 0.15) is 11.7 Å². The van der Waals surface area contributed by atoms with Gasteiger partial charge in [0.2, 0.25) is 0 Å². The quantitative estimate of drug-likeness (QED) is 0.781.